The van der Waals surface area contributed by atoms with Gasteiger partial charge >= 0.3 is 6.09 Å². The number of carbonyl (C=O) groups is 1. The molecule has 0 unspecified atom stereocenters. The Bertz CT molecular complexity index is 523. The van der Waals surface area contributed by atoms with Crippen LogP contribution in [-0.4, -0.2) is 42.3 Å². The summed E-state index contributed by atoms with van der Waals surface area (Å²) in [6.45, 7) is 7.75. The Morgan fingerprint density at radius 2 is 1.95 bits per heavy atom. The van der Waals surface area contributed by atoms with Crippen LogP contribution in [0.1, 0.15) is 26.3 Å². The van der Waals surface area contributed by atoms with Gasteiger partial charge in [-0.3, -0.25) is 0 Å². The first-order valence-corrected chi connectivity index (χ1v) is 8.15. The molecule has 1 aromatic rings. The third kappa shape index (κ3) is 5.04. The summed E-state index contributed by atoms with van der Waals surface area (Å²) in [5.74, 6) is 0. The first-order chi connectivity index (χ1) is 10.2. The van der Waals surface area contributed by atoms with Gasteiger partial charge in [0.1, 0.15) is 5.60 Å². The predicted molar refractivity (Wildman–Crippen MR) is 89.8 cm³/mol. The number of halogens is 2. The largest absolute Gasteiger partial charge is 0.444 e. The molecule has 4 nitrogen and oxygen atoms in total. The molecule has 1 aliphatic heterocycles. The smallest absolute Gasteiger partial charge is 0.410 e. The lowest BCUT2D eigenvalue weighted by Crippen LogP contribution is -2.55. The molecular formula is C16H22Cl2N2O2. The van der Waals surface area contributed by atoms with Gasteiger partial charge in [0.2, 0.25) is 0 Å². The van der Waals surface area contributed by atoms with Crippen LogP contribution in [0.5, 0.6) is 0 Å². The molecule has 122 valence electrons. The number of benzene rings is 1. The molecule has 1 atom stereocenters. The zero-order chi connectivity index (χ0) is 16.3. The lowest BCUT2D eigenvalue weighted by atomic mass is 10.0. The van der Waals surface area contributed by atoms with Crippen LogP contribution in [0.15, 0.2) is 18.2 Å². The molecule has 1 amide bonds. The molecule has 1 aromatic carbocycles. The van der Waals surface area contributed by atoms with Crippen LogP contribution in [0, 0.1) is 0 Å². The number of nitrogens with zero attached hydrogens (tertiary/aromatic N) is 1. The van der Waals surface area contributed by atoms with Gasteiger partial charge in [-0.15, -0.1) is 0 Å². The molecule has 0 saturated carbocycles. The van der Waals surface area contributed by atoms with Gasteiger partial charge in [-0.1, -0.05) is 23.2 Å². The maximum atomic E-state index is 12.4. The lowest BCUT2D eigenvalue weighted by Gasteiger charge is -2.37. The van der Waals surface area contributed by atoms with E-state index in [2.05, 4.69) is 5.32 Å². The second-order valence-electron chi connectivity index (χ2n) is 6.51. The predicted octanol–water partition coefficient (Wildman–Crippen LogP) is 3.74. The molecule has 0 spiro atoms. The van der Waals surface area contributed by atoms with E-state index in [1.54, 1.807) is 11.0 Å². The summed E-state index contributed by atoms with van der Waals surface area (Å²) >= 11 is 12.1. The molecule has 6 heteroatoms. The van der Waals surface area contributed by atoms with Crippen molar-refractivity contribution in [2.45, 2.75) is 38.8 Å². The fourth-order valence-corrected chi connectivity index (χ4v) is 3.08. The fourth-order valence-electron chi connectivity index (χ4n) is 2.51. The number of ether oxygens (including phenoxy) is 1. The van der Waals surface area contributed by atoms with Crippen LogP contribution in [0.4, 0.5) is 4.79 Å². The maximum Gasteiger partial charge on any atom is 0.410 e. The Morgan fingerprint density at radius 1 is 1.32 bits per heavy atom. The number of amides is 1. The van der Waals surface area contributed by atoms with Crippen LogP contribution in [0.2, 0.25) is 10.0 Å². The van der Waals surface area contributed by atoms with E-state index in [1.165, 1.54) is 0 Å². The molecule has 0 bridgehead atoms. The zero-order valence-electron chi connectivity index (χ0n) is 13.2. The molecule has 0 aliphatic carbocycles. The second kappa shape index (κ2) is 7.07. The molecule has 1 aliphatic rings. The van der Waals surface area contributed by atoms with Gasteiger partial charge in [0.05, 0.1) is 6.04 Å². The van der Waals surface area contributed by atoms with Crippen LogP contribution in [0.25, 0.3) is 0 Å². The number of piperazine rings is 1. The fraction of sp³-hybridized carbons (Fsp3) is 0.562. The topological polar surface area (TPSA) is 41.6 Å². The Balaban J connectivity index is 2.11. The number of rotatable bonds is 2. The Labute approximate surface area is 141 Å². The first-order valence-electron chi connectivity index (χ1n) is 7.40. The van der Waals surface area contributed by atoms with E-state index >= 15 is 0 Å². The third-order valence-electron chi connectivity index (χ3n) is 3.37. The van der Waals surface area contributed by atoms with Gasteiger partial charge in [0.25, 0.3) is 0 Å². The van der Waals surface area contributed by atoms with Crippen molar-refractivity contribution in [2.75, 3.05) is 19.6 Å². The average Bonchev–Trinajstić information content (AvgIpc) is 2.35. The van der Waals surface area contributed by atoms with Crippen molar-refractivity contribution in [3.8, 4) is 0 Å². The molecule has 22 heavy (non-hydrogen) atoms. The van der Waals surface area contributed by atoms with Crippen LogP contribution in [-0.2, 0) is 11.2 Å². The quantitative estimate of drug-likeness (QED) is 0.888. The van der Waals surface area contributed by atoms with E-state index in [0.717, 1.165) is 18.7 Å². The van der Waals surface area contributed by atoms with Gasteiger partial charge in [0.15, 0.2) is 0 Å². The number of hydrogen-bond acceptors (Lipinski definition) is 3. The van der Waals surface area contributed by atoms with Crippen molar-refractivity contribution in [2.24, 2.45) is 0 Å². The van der Waals surface area contributed by atoms with Crippen molar-refractivity contribution in [3.05, 3.63) is 33.8 Å². The van der Waals surface area contributed by atoms with Crippen molar-refractivity contribution in [1.29, 1.82) is 0 Å². The second-order valence-corrected chi connectivity index (χ2v) is 7.39. The Kier molecular flexibility index (Phi) is 5.59. The minimum absolute atomic E-state index is 0.0260. The minimum Gasteiger partial charge on any atom is -0.444 e. The highest BCUT2D eigenvalue weighted by Gasteiger charge is 2.30. The molecular weight excluding hydrogens is 323 g/mol. The number of nitrogens with one attached hydrogen (secondary N) is 1. The molecule has 0 radical (unpaired) electrons. The average molecular weight is 345 g/mol. The van der Waals surface area contributed by atoms with Gasteiger partial charge in [-0.25, -0.2) is 4.79 Å². The van der Waals surface area contributed by atoms with E-state index in [-0.39, 0.29) is 12.1 Å². The summed E-state index contributed by atoms with van der Waals surface area (Å²) in [5.41, 5.74) is 0.519. The SMILES string of the molecule is CC(C)(C)OC(=O)N1CCNC[C@H]1Cc1cc(Cl)cc(Cl)c1. The van der Waals surface area contributed by atoms with Gasteiger partial charge in [-0.2, -0.15) is 0 Å². The highest BCUT2D eigenvalue weighted by atomic mass is 35.5. The monoisotopic (exact) mass is 344 g/mol. The summed E-state index contributed by atoms with van der Waals surface area (Å²) in [5, 5.41) is 4.53. The molecule has 1 heterocycles. The summed E-state index contributed by atoms with van der Waals surface area (Å²) in [4.78, 5) is 14.2. The normalized spacial score (nSPS) is 19.1. The molecule has 1 N–H and O–H groups in total. The van der Waals surface area contributed by atoms with E-state index in [9.17, 15) is 4.79 Å². The van der Waals surface area contributed by atoms with Crippen molar-refractivity contribution < 1.29 is 9.53 Å². The van der Waals surface area contributed by atoms with E-state index in [0.29, 0.717) is 23.0 Å². The van der Waals surface area contributed by atoms with Crippen LogP contribution >= 0.6 is 23.2 Å². The zero-order valence-corrected chi connectivity index (χ0v) is 14.7. The lowest BCUT2D eigenvalue weighted by molar-refractivity contribution is 0.0122. The van der Waals surface area contributed by atoms with Gasteiger partial charge in [-0.05, 0) is 51.0 Å². The minimum atomic E-state index is -0.494. The Morgan fingerprint density at radius 3 is 2.55 bits per heavy atom. The molecule has 0 aromatic heterocycles. The molecule has 2 rings (SSSR count). The summed E-state index contributed by atoms with van der Waals surface area (Å²) in [6.07, 6.45) is 0.416. The summed E-state index contributed by atoms with van der Waals surface area (Å²) in [7, 11) is 0. The highest BCUT2D eigenvalue weighted by Crippen LogP contribution is 2.22. The van der Waals surface area contributed by atoms with Crippen molar-refractivity contribution >= 4 is 29.3 Å². The van der Waals surface area contributed by atoms with E-state index < -0.39 is 5.60 Å². The van der Waals surface area contributed by atoms with Gasteiger partial charge in [0, 0.05) is 29.7 Å². The van der Waals surface area contributed by atoms with Crippen LogP contribution in [0.3, 0.4) is 0 Å². The van der Waals surface area contributed by atoms with E-state index in [4.69, 9.17) is 27.9 Å². The third-order valence-corrected chi connectivity index (χ3v) is 3.81. The number of carbonyl (C=O) groups excluding carboxylic acids is 1. The highest BCUT2D eigenvalue weighted by molar-refractivity contribution is 6.34. The first kappa shape index (κ1) is 17.4. The van der Waals surface area contributed by atoms with Crippen LogP contribution < -0.4 is 5.32 Å². The Hall–Kier alpha value is -0.970. The van der Waals surface area contributed by atoms with Crippen molar-refractivity contribution in [1.82, 2.24) is 10.2 Å². The maximum absolute atomic E-state index is 12.4. The molecule has 1 fully saturated rings. The van der Waals surface area contributed by atoms with Gasteiger partial charge < -0.3 is 15.0 Å². The van der Waals surface area contributed by atoms with Crippen molar-refractivity contribution in [3.63, 3.8) is 0 Å². The van der Waals surface area contributed by atoms with E-state index in [1.807, 2.05) is 32.9 Å². The summed E-state index contributed by atoms with van der Waals surface area (Å²) < 4.78 is 5.50. The molecule has 1 saturated heterocycles. The standard InChI is InChI=1S/C16H22Cl2N2O2/c1-16(2,3)22-15(21)20-5-4-19-10-14(20)8-11-6-12(17)9-13(18)7-11/h6-7,9,14,19H,4-5,8,10H2,1-3H3/t14-/m1/s1. The summed E-state index contributed by atoms with van der Waals surface area (Å²) in [6, 6.07) is 5.50. The number of hydrogen-bond donors (Lipinski definition) is 1.